The van der Waals surface area contributed by atoms with Crippen LogP contribution in [0.5, 0.6) is 17.2 Å². The summed E-state index contributed by atoms with van der Waals surface area (Å²) in [7, 11) is -5.16. The van der Waals surface area contributed by atoms with Crippen LogP contribution in [0.2, 0.25) is 0 Å². The van der Waals surface area contributed by atoms with Crippen molar-refractivity contribution in [3.63, 3.8) is 0 Å². The Kier molecular flexibility index (Phi) is 28.2. The van der Waals surface area contributed by atoms with Crippen molar-refractivity contribution in [1.82, 2.24) is 0 Å². The van der Waals surface area contributed by atoms with Crippen molar-refractivity contribution in [2.45, 2.75) is 191 Å². The van der Waals surface area contributed by atoms with Gasteiger partial charge in [0.05, 0.1) is 16.2 Å². The predicted molar refractivity (Wildman–Crippen MR) is 449 cm³/mol. The summed E-state index contributed by atoms with van der Waals surface area (Å²) in [5, 5.41) is 0. The molecule has 0 aromatic heterocycles. The molecular weight excluding hydrogens is 1320 g/mol. The van der Waals surface area contributed by atoms with Gasteiger partial charge in [0.2, 0.25) is 0 Å². The van der Waals surface area contributed by atoms with Crippen molar-refractivity contribution >= 4 is 7.82 Å². The van der Waals surface area contributed by atoms with E-state index >= 15 is 4.57 Å². The summed E-state index contributed by atoms with van der Waals surface area (Å²) in [6.07, 6.45) is 27.5. The molecule has 0 saturated heterocycles. The van der Waals surface area contributed by atoms with Crippen molar-refractivity contribution in [3.8, 4) is 17.2 Å². The van der Waals surface area contributed by atoms with E-state index in [9.17, 15) is 0 Å². The van der Waals surface area contributed by atoms with Crippen molar-refractivity contribution in [3.05, 3.63) is 411 Å². The Labute approximate surface area is 641 Å². The molecule has 0 N–H and O–H groups in total. The van der Waals surface area contributed by atoms with Gasteiger partial charge in [-0.2, -0.15) is 4.57 Å². The van der Waals surface area contributed by atoms with Gasteiger partial charge in [-0.1, -0.05) is 446 Å². The summed E-state index contributed by atoms with van der Waals surface area (Å²) in [6.45, 7) is 6.85. The molecule has 0 aliphatic heterocycles. The summed E-state index contributed by atoms with van der Waals surface area (Å²) in [6, 6.07) is 117. The maximum absolute atomic E-state index is 18.7. The number of rotatable bonds is 42. The van der Waals surface area contributed by atoms with Gasteiger partial charge in [-0.3, -0.25) is 0 Å². The first kappa shape index (κ1) is 76.9. The number of hydrogen-bond acceptors (Lipinski definition) is 4. The van der Waals surface area contributed by atoms with Crippen molar-refractivity contribution in [1.29, 1.82) is 0 Å². The Morgan fingerprint density at radius 3 is 0.561 bits per heavy atom. The molecule has 107 heavy (non-hydrogen) atoms. The quantitative estimate of drug-likeness (QED) is 0.0217. The van der Waals surface area contributed by atoms with Crippen molar-refractivity contribution < 1.29 is 18.1 Å². The molecule has 548 valence electrons. The monoisotopic (exact) mass is 1430 g/mol. The fourth-order valence-corrected chi connectivity index (χ4v) is 18.0. The molecule has 0 spiro atoms. The van der Waals surface area contributed by atoms with Gasteiger partial charge in [-0.05, 0) is 123 Å². The van der Waals surface area contributed by atoms with Crippen LogP contribution in [0.4, 0.5) is 0 Å². The molecule has 0 fully saturated rings. The first-order valence-electron chi connectivity index (χ1n) is 40.4. The van der Waals surface area contributed by atoms with E-state index in [1.807, 2.05) is 0 Å². The molecular formula is C102H111O4P. The minimum atomic E-state index is -5.16. The molecule has 4 nitrogen and oxygen atoms in total. The van der Waals surface area contributed by atoms with Gasteiger partial charge in [0.15, 0.2) is 0 Å². The maximum Gasteiger partial charge on any atom is 0.647 e. The zero-order valence-corrected chi connectivity index (χ0v) is 64.6. The molecule has 0 radical (unpaired) electrons. The highest BCUT2D eigenvalue weighted by atomic mass is 31.2. The minimum Gasteiger partial charge on any atom is -0.386 e. The summed E-state index contributed by atoms with van der Waals surface area (Å²) in [5.41, 5.74) is 12.1. The molecule has 12 aromatic carbocycles. The minimum absolute atomic E-state index is 0.378. The Hall–Kier alpha value is -9.73. The van der Waals surface area contributed by atoms with Crippen LogP contribution in [0.3, 0.4) is 0 Å². The van der Waals surface area contributed by atoms with Crippen LogP contribution in [-0.2, 0) is 40.1 Å². The number of benzene rings is 12. The molecule has 5 heteroatoms. The predicted octanol–water partition coefficient (Wildman–Crippen LogP) is 28.4. The molecule has 0 amide bonds. The number of phosphoric acid groups is 1. The van der Waals surface area contributed by atoms with Crippen LogP contribution in [0, 0.1) is 0 Å². The normalized spacial score (nSPS) is 11.9. The third kappa shape index (κ3) is 18.5. The van der Waals surface area contributed by atoms with Crippen LogP contribution in [0.15, 0.2) is 328 Å². The van der Waals surface area contributed by atoms with Gasteiger partial charge in [-0.25, -0.2) is 0 Å². The molecule has 0 bridgehead atoms. The lowest BCUT2D eigenvalue weighted by Crippen LogP contribution is -2.33. The highest BCUT2D eigenvalue weighted by Crippen LogP contribution is 2.60. The van der Waals surface area contributed by atoms with E-state index in [0.29, 0.717) is 17.2 Å². The van der Waals surface area contributed by atoms with Crippen LogP contribution >= 0.6 is 7.82 Å². The lowest BCUT2D eigenvalue weighted by molar-refractivity contribution is 0.293. The summed E-state index contributed by atoms with van der Waals surface area (Å²) in [4.78, 5) is 0. The standard InChI is InChI=1S/C102H111O4P/c1-4-7-10-13-16-19-31-52-82-73-76-97(94(79-82)100(85-55-34-22-35-56-85,86-57-36-23-37-58-86)87-59-38-24-39-60-87)104-107(103,105-98-77-74-83(53-32-20-17-14-11-8-5-2)80-95(98)101(88-61-40-25-41-62-88,89-63-42-26-43-64-89)90-65-44-27-45-66-90)106-99-78-75-84(54-33-21-18-15-12-9-6-3)81-96(99)102(91-67-46-28-47-68-91,92-69-48-29-49-70-92)93-71-50-30-51-72-93/h22-30,34-51,55-81H,4-21,31-33,52-54H2,1-3H3. The van der Waals surface area contributed by atoms with Crippen molar-refractivity contribution in [2.75, 3.05) is 0 Å². The van der Waals surface area contributed by atoms with Gasteiger partial charge in [0, 0.05) is 16.7 Å². The van der Waals surface area contributed by atoms with Gasteiger partial charge < -0.3 is 13.6 Å². The van der Waals surface area contributed by atoms with E-state index in [0.717, 1.165) is 125 Å². The third-order valence-electron chi connectivity index (χ3n) is 22.0. The Morgan fingerprint density at radius 2 is 0.383 bits per heavy atom. The number of aryl methyl sites for hydroxylation is 3. The van der Waals surface area contributed by atoms with E-state index in [2.05, 4.69) is 348 Å². The maximum atomic E-state index is 18.7. The van der Waals surface area contributed by atoms with Gasteiger partial charge in [-0.15, -0.1) is 0 Å². The van der Waals surface area contributed by atoms with Crippen LogP contribution in [0.25, 0.3) is 0 Å². The van der Waals surface area contributed by atoms with Gasteiger partial charge >= 0.3 is 7.82 Å². The average Bonchev–Trinajstić information content (AvgIpc) is 0.734. The largest absolute Gasteiger partial charge is 0.647 e. The molecule has 0 aliphatic rings. The molecule has 12 rings (SSSR count). The molecule has 0 aliphatic carbocycles. The van der Waals surface area contributed by atoms with E-state index in [1.54, 1.807) is 0 Å². The van der Waals surface area contributed by atoms with Crippen molar-refractivity contribution in [2.24, 2.45) is 0 Å². The molecule has 0 atom stereocenters. The summed E-state index contributed by atoms with van der Waals surface area (Å²) in [5.74, 6) is 1.13. The Bertz CT molecular complexity index is 3850. The lowest BCUT2D eigenvalue weighted by Gasteiger charge is -2.40. The van der Waals surface area contributed by atoms with E-state index in [1.165, 1.54) is 113 Å². The lowest BCUT2D eigenvalue weighted by atomic mass is 9.64. The topological polar surface area (TPSA) is 44.8 Å². The van der Waals surface area contributed by atoms with Crippen LogP contribution < -0.4 is 13.6 Å². The Balaban J connectivity index is 1.15. The fraction of sp³-hybridized carbons (Fsp3) is 0.294. The first-order chi connectivity index (χ1) is 52.8. The molecule has 0 saturated carbocycles. The number of unbranched alkanes of at least 4 members (excludes halogenated alkanes) is 18. The summed E-state index contributed by atoms with van der Waals surface area (Å²) < 4.78 is 42.5. The van der Waals surface area contributed by atoms with E-state index in [-0.39, 0.29) is 0 Å². The smallest absolute Gasteiger partial charge is 0.386 e. The second-order valence-corrected chi connectivity index (χ2v) is 30.8. The Morgan fingerprint density at radius 1 is 0.215 bits per heavy atom. The number of hydrogen-bond donors (Lipinski definition) is 0. The highest BCUT2D eigenvalue weighted by molar-refractivity contribution is 7.49. The first-order valence-corrected chi connectivity index (χ1v) is 41.9. The average molecular weight is 1430 g/mol. The second kappa shape index (κ2) is 39.2. The number of phosphoric ester groups is 1. The zero-order valence-electron chi connectivity index (χ0n) is 63.7. The summed E-state index contributed by atoms with van der Waals surface area (Å²) >= 11 is 0. The highest BCUT2D eigenvalue weighted by Gasteiger charge is 2.48. The van der Waals surface area contributed by atoms with Gasteiger partial charge in [0.1, 0.15) is 17.2 Å². The van der Waals surface area contributed by atoms with Crippen LogP contribution in [-0.4, -0.2) is 0 Å². The zero-order chi connectivity index (χ0) is 73.7. The fourth-order valence-electron chi connectivity index (χ4n) is 16.7. The second-order valence-electron chi connectivity index (χ2n) is 29.4. The molecule has 0 unspecified atom stereocenters. The SMILES string of the molecule is CCCCCCCCCc1ccc(OP(=O)(Oc2ccc(CCCCCCCCC)cc2C(c2ccccc2)(c2ccccc2)c2ccccc2)Oc2ccc(CCCCCCCCC)cc2C(c2ccccc2)(c2ccccc2)c2ccccc2)c(C(c2ccccc2)(c2ccccc2)c2ccccc2)c1. The van der Waals surface area contributed by atoms with E-state index < -0.39 is 24.1 Å². The third-order valence-corrected chi connectivity index (χ3v) is 23.3. The van der Waals surface area contributed by atoms with E-state index in [4.69, 9.17) is 13.6 Å². The molecule has 0 heterocycles. The molecule has 12 aromatic rings. The van der Waals surface area contributed by atoms with Gasteiger partial charge in [0.25, 0.3) is 0 Å². The van der Waals surface area contributed by atoms with Crippen LogP contribution in [0.1, 0.15) is 239 Å².